The van der Waals surface area contributed by atoms with Gasteiger partial charge in [-0.15, -0.1) is 11.3 Å². The Labute approximate surface area is 322 Å². The second-order valence-corrected chi connectivity index (χ2v) is 16.7. The first-order chi connectivity index (χ1) is 26.6. The van der Waals surface area contributed by atoms with Gasteiger partial charge in [0.25, 0.3) is 0 Å². The summed E-state index contributed by atoms with van der Waals surface area (Å²) >= 11 is 3.87. The lowest BCUT2D eigenvalue weighted by Gasteiger charge is -2.20. The van der Waals surface area contributed by atoms with Gasteiger partial charge in [-0.05, 0) is 106 Å². The second kappa shape index (κ2) is 12.3. The summed E-state index contributed by atoms with van der Waals surface area (Å²) in [7, 11) is 0. The molecule has 8 aromatic carbocycles. The normalized spacial score (nSPS) is 15.4. The van der Waals surface area contributed by atoms with E-state index in [-0.39, 0.29) is 0 Å². The van der Waals surface area contributed by atoms with Gasteiger partial charge >= 0.3 is 0 Å². The van der Waals surface area contributed by atoms with Gasteiger partial charge in [-0.3, -0.25) is 0 Å². The largest absolute Gasteiger partial charge is 0.135 e. The standard InChI is InChI=1S/C52H34S2/c1-31(35-25-27-46-44(30-35)42-26-23-34-24-28-47-51(50(34)52(42)54-46)43-17-9-10-18-45(43)53-47)19-20-32(2)48-38-13-5-7-15-40(38)49(41-16-8-6-14-39(41)48)37-22-21-33-11-3-4-12-36(33)29-37/h3-29,44H,1-2,30H2/b20-19-. The summed E-state index contributed by atoms with van der Waals surface area (Å²) in [5.41, 5.74) is 8.42. The zero-order valence-electron chi connectivity index (χ0n) is 29.6. The molecule has 0 saturated carbocycles. The number of hydrogen-bond donors (Lipinski definition) is 0. The van der Waals surface area contributed by atoms with Crippen LogP contribution in [0.1, 0.15) is 23.5 Å². The smallest absolute Gasteiger partial charge is 0.0362 e. The maximum atomic E-state index is 4.68. The number of allylic oxidation sites excluding steroid dienone is 8. The van der Waals surface area contributed by atoms with E-state index in [1.807, 2.05) is 23.1 Å². The van der Waals surface area contributed by atoms with Crippen molar-refractivity contribution in [2.75, 3.05) is 0 Å². The molecule has 2 aliphatic rings. The van der Waals surface area contributed by atoms with Crippen LogP contribution in [0.2, 0.25) is 0 Å². The van der Waals surface area contributed by atoms with Gasteiger partial charge in [-0.1, -0.05) is 171 Å². The molecule has 0 bridgehead atoms. The minimum atomic E-state index is 0.346. The van der Waals surface area contributed by atoms with E-state index in [0.717, 1.165) is 17.6 Å². The fraction of sp³-hybridized carbons (Fsp3) is 0.0385. The van der Waals surface area contributed by atoms with E-state index in [1.54, 1.807) is 0 Å². The van der Waals surface area contributed by atoms with E-state index in [9.17, 15) is 0 Å². The van der Waals surface area contributed by atoms with Crippen molar-refractivity contribution in [2.24, 2.45) is 0 Å². The Morgan fingerprint density at radius 2 is 1.20 bits per heavy atom. The van der Waals surface area contributed by atoms with Crippen LogP contribution in [0.3, 0.4) is 0 Å². The van der Waals surface area contributed by atoms with Gasteiger partial charge in [0, 0.05) is 36.4 Å². The Morgan fingerprint density at radius 3 is 2.00 bits per heavy atom. The molecule has 0 amide bonds. The molecule has 0 nitrogen and oxygen atoms in total. The van der Waals surface area contributed by atoms with Crippen molar-refractivity contribution in [1.29, 1.82) is 0 Å². The third-order valence-electron chi connectivity index (χ3n) is 11.5. The number of rotatable bonds is 5. The van der Waals surface area contributed by atoms with Crippen molar-refractivity contribution < 1.29 is 0 Å². The van der Waals surface area contributed by atoms with Crippen molar-refractivity contribution >= 4 is 91.9 Å². The highest BCUT2D eigenvalue weighted by molar-refractivity contribution is 8.03. The maximum absolute atomic E-state index is 4.68. The minimum Gasteiger partial charge on any atom is -0.135 e. The van der Waals surface area contributed by atoms with Gasteiger partial charge in [0.05, 0.1) is 0 Å². The Balaban J connectivity index is 0.939. The average Bonchev–Trinajstić information content (AvgIpc) is 3.80. The highest BCUT2D eigenvalue weighted by Gasteiger charge is 2.33. The number of thioether (sulfide) groups is 1. The summed E-state index contributed by atoms with van der Waals surface area (Å²) in [6, 6.07) is 51.2. The van der Waals surface area contributed by atoms with E-state index < -0.39 is 0 Å². The van der Waals surface area contributed by atoms with Gasteiger partial charge in [0.1, 0.15) is 0 Å². The summed E-state index contributed by atoms with van der Waals surface area (Å²) in [5.74, 6) is 0.346. The Hall–Kier alpha value is -5.93. The number of hydrogen-bond acceptors (Lipinski definition) is 2. The molecule has 11 rings (SSSR count). The molecule has 0 spiro atoms. The zero-order chi connectivity index (χ0) is 35.9. The first-order valence-corrected chi connectivity index (χ1v) is 20.2. The summed E-state index contributed by atoms with van der Waals surface area (Å²) in [6.07, 6.45) is 9.93. The molecule has 2 heteroatoms. The highest BCUT2D eigenvalue weighted by atomic mass is 32.2. The average molecular weight is 723 g/mol. The maximum Gasteiger partial charge on any atom is 0.0362 e. The minimum absolute atomic E-state index is 0.346. The van der Waals surface area contributed by atoms with Crippen molar-refractivity contribution in [3.63, 3.8) is 0 Å². The molecule has 54 heavy (non-hydrogen) atoms. The van der Waals surface area contributed by atoms with Crippen molar-refractivity contribution in [3.8, 4) is 11.1 Å². The fourth-order valence-electron chi connectivity index (χ4n) is 8.93. The van der Waals surface area contributed by atoms with E-state index in [0.29, 0.717) is 5.92 Å². The molecular formula is C52H34S2. The van der Waals surface area contributed by atoms with E-state index >= 15 is 0 Å². The van der Waals surface area contributed by atoms with Crippen LogP contribution >= 0.6 is 23.1 Å². The zero-order valence-corrected chi connectivity index (χ0v) is 31.2. The van der Waals surface area contributed by atoms with Crippen LogP contribution in [0.15, 0.2) is 198 Å². The molecule has 0 saturated heterocycles. The number of thiophene rings is 1. The fourth-order valence-corrected chi connectivity index (χ4v) is 11.4. The third-order valence-corrected chi connectivity index (χ3v) is 13.9. The van der Waals surface area contributed by atoms with Crippen LogP contribution in [0.5, 0.6) is 0 Å². The summed E-state index contributed by atoms with van der Waals surface area (Å²) in [6.45, 7) is 9.28. The van der Waals surface area contributed by atoms with Crippen molar-refractivity contribution in [1.82, 2.24) is 0 Å². The van der Waals surface area contributed by atoms with Crippen molar-refractivity contribution in [3.05, 3.63) is 204 Å². The molecular weight excluding hydrogens is 689 g/mol. The van der Waals surface area contributed by atoms with Crippen LogP contribution in [0.25, 0.3) is 80.0 Å². The van der Waals surface area contributed by atoms with Crippen LogP contribution in [0, 0.1) is 0 Å². The van der Waals surface area contributed by atoms with E-state index in [1.165, 1.54) is 101 Å². The van der Waals surface area contributed by atoms with Gasteiger partial charge in [0.2, 0.25) is 0 Å². The van der Waals surface area contributed by atoms with Crippen LogP contribution in [-0.2, 0) is 0 Å². The molecule has 254 valence electrons. The summed E-state index contributed by atoms with van der Waals surface area (Å²) < 4.78 is 2.72. The molecule has 0 radical (unpaired) electrons. The van der Waals surface area contributed by atoms with E-state index in [2.05, 4.69) is 177 Å². The number of benzene rings is 8. The number of fused-ring (bicyclic) bond motifs is 12. The van der Waals surface area contributed by atoms with E-state index in [4.69, 9.17) is 0 Å². The van der Waals surface area contributed by atoms with Crippen molar-refractivity contribution in [2.45, 2.75) is 17.2 Å². The van der Waals surface area contributed by atoms with Crippen LogP contribution in [0.4, 0.5) is 0 Å². The van der Waals surface area contributed by atoms with Gasteiger partial charge in [-0.25, -0.2) is 0 Å². The van der Waals surface area contributed by atoms with Crippen LogP contribution in [-0.4, -0.2) is 0 Å². The third kappa shape index (κ3) is 4.84. The molecule has 1 unspecified atom stereocenters. The second-order valence-electron chi connectivity index (χ2n) is 14.5. The highest BCUT2D eigenvalue weighted by Crippen LogP contribution is 2.57. The lowest BCUT2D eigenvalue weighted by molar-refractivity contribution is 0.811. The lowest BCUT2D eigenvalue weighted by atomic mass is 9.84. The molecule has 0 N–H and O–H groups in total. The molecule has 1 aromatic heterocycles. The first kappa shape index (κ1) is 31.6. The predicted octanol–water partition coefficient (Wildman–Crippen LogP) is 15.6. The van der Waals surface area contributed by atoms with Crippen LogP contribution < -0.4 is 0 Å². The Bertz CT molecular complexity index is 3140. The Kier molecular flexibility index (Phi) is 7.20. The quantitative estimate of drug-likeness (QED) is 0.126. The molecule has 9 aromatic rings. The summed E-state index contributed by atoms with van der Waals surface area (Å²) in [5, 5.41) is 12.9. The molecule has 1 aliphatic heterocycles. The molecule has 1 aliphatic carbocycles. The topological polar surface area (TPSA) is 0 Å². The monoisotopic (exact) mass is 722 g/mol. The summed E-state index contributed by atoms with van der Waals surface area (Å²) in [4.78, 5) is 2.86. The molecule has 0 fully saturated rings. The molecule has 2 heterocycles. The Morgan fingerprint density at radius 1 is 0.556 bits per heavy atom. The first-order valence-electron chi connectivity index (χ1n) is 18.6. The van der Waals surface area contributed by atoms with Gasteiger partial charge in [-0.2, -0.15) is 0 Å². The lowest BCUT2D eigenvalue weighted by Crippen LogP contribution is -2.03. The SMILES string of the molecule is C=C(/C=C\C(=C)c1c2ccccc2c(-c2ccc3ccccc3c2)c2ccccc12)C1=CC=C2Sc3c(ccc4ccc5sc6ccccc6c5c34)C2C1. The van der Waals surface area contributed by atoms with Gasteiger partial charge < -0.3 is 0 Å². The predicted molar refractivity (Wildman–Crippen MR) is 238 cm³/mol. The van der Waals surface area contributed by atoms with Gasteiger partial charge in [0.15, 0.2) is 0 Å². The molecule has 1 atom stereocenters.